The van der Waals surface area contributed by atoms with Gasteiger partial charge in [0.05, 0.1) is 23.9 Å². The summed E-state index contributed by atoms with van der Waals surface area (Å²) in [5.74, 6) is 0.570. The van der Waals surface area contributed by atoms with Crippen LogP contribution in [0.25, 0.3) is 10.3 Å². The second kappa shape index (κ2) is 13.4. The van der Waals surface area contributed by atoms with Gasteiger partial charge in [-0.05, 0) is 67.6 Å². The van der Waals surface area contributed by atoms with E-state index in [2.05, 4.69) is 30.8 Å². The van der Waals surface area contributed by atoms with E-state index in [1.807, 2.05) is 69.3 Å². The molecule has 3 aromatic rings. The van der Waals surface area contributed by atoms with Gasteiger partial charge in [-0.2, -0.15) is 10.1 Å². The van der Waals surface area contributed by atoms with Gasteiger partial charge in [0.15, 0.2) is 15.9 Å². The number of allylic oxidation sites excluding steroid dienone is 4. The third kappa shape index (κ3) is 7.33. The number of ether oxygens (including phenoxy) is 1. The van der Waals surface area contributed by atoms with Crippen molar-refractivity contribution in [3.05, 3.63) is 75.7 Å². The number of carbonyl (C=O) groups excluding carboxylic acids is 1. The van der Waals surface area contributed by atoms with Crippen molar-refractivity contribution in [3.63, 3.8) is 0 Å². The molecule has 3 heterocycles. The molecule has 11 heteroatoms. The van der Waals surface area contributed by atoms with E-state index >= 15 is 0 Å². The van der Waals surface area contributed by atoms with Gasteiger partial charge in [0, 0.05) is 22.2 Å². The van der Waals surface area contributed by atoms with Gasteiger partial charge in [0.2, 0.25) is 0 Å². The Bertz CT molecular complexity index is 1420. The highest BCUT2D eigenvalue weighted by molar-refractivity contribution is 8.17. The Morgan fingerprint density at radius 3 is 2.68 bits per heavy atom. The van der Waals surface area contributed by atoms with E-state index < -0.39 is 0 Å². The third-order valence-corrected chi connectivity index (χ3v) is 8.26. The summed E-state index contributed by atoms with van der Waals surface area (Å²) < 4.78 is 6.23. The fraction of sp³-hybridized carbons (Fsp3) is 0.222. The molecule has 1 amide bonds. The highest BCUT2D eigenvalue weighted by Crippen LogP contribution is 2.36. The number of fused-ring (bicyclic) bond motifs is 1. The summed E-state index contributed by atoms with van der Waals surface area (Å²) >= 11 is 4.43. The first-order chi connectivity index (χ1) is 18.5. The van der Waals surface area contributed by atoms with Crippen molar-refractivity contribution < 1.29 is 9.53 Å². The number of hydrazone groups is 1. The van der Waals surface area contributed by atoms with Gasteiger partial charge in [-0.25, -0.2) is 4.98 Å². The van der Waals surface area contributed by atoms with Crippen molar-refractivity contribution in [2.24, 2.45) is 10.1 Å². The number of carbonyl (C=O) groups is 1. The molecule has 0 spiro atoms. The van der Waals surface area contributed by atoms with Crippen molar-refractivity contribution in [2.45, 2.75) is 32.1 Å². The maximum Gasteiger partial charge on any atom is 0.258 e. The summed E-state index contributed by atoms with van der Waals surface area (Å²) in [6.45, 7) is 6.59. The zero-order valence-electron chi connectivity index (χ0n) is 21.5. The molecule has 0 unspecified atom stereocenters. The summed E-state index contributed by atoms with van der Waals surface area (Å²) in [6.07, 6.45) is 8.12. The lowest BCUT2D eigenvalue weighted by molar-refractivity contribution is -0.112. The van der Waals surface area contributed by atoms with Crippen LogP contribution in [0.4, 0.5) is 5.13 Å². The van der Waals surface area contributed by atoms with E-state index in [4.69, 9.17) is 4.74 Å². The quantitative estimate of drug-likeness (QED) is 0.171. The number of amidine groups is 1. The standard InChI is InChI=1S/C27H28N6O2S3/c1-5-17(2)23(25(34)32-27-31-24-22(38-27)7-6-14-28-24)21(37-20-11-9-19(35-4)10-12-20)13-8-18(3)36-26-29-15-16-30-33-26/h6-14,16H,5,15H2,1-4H3,(H,29,33)(H,28,31,32,34)/b18-8+,21-13+,23-17-. The van der Waals surface area contributed by atoms with Crippen molar-refractivity contribution in [1.29, 1.82) is 0 Å². The number of benzene rings is 1. The van der Waals surface area contributed by atoms with Crippen LogP contribution >= 0.6 is 34.9 Å². The minimum absolute atomic E-state index is 0.206. The summed E-state index contributed by atoms with van der Waals surface area (Å²) in [4.78, 5) is 29.7. The fourth-order valence-corrected chi connectivity index (χ4v) is 5.88. The van der Waals surface area contributed by atoms with Crippen LogP contribution in [-0.2, 0) is 4.79 Å². The average Bonchev–Trinajstić information content (AvgIpc) is 3.34. The average molecular weight is 565 g/mol. The van der Waals surface area contributed by atoms with Crippen LogP contribution in [0.5, 0.6) is 5.75 Å². The lowest BCUT2D eigenvalue weighted by Crippen LogP contribution is -2.18. The Labute approximate surface area is 234 Å². The number of aromatic nitrogens is 2. The zero-order valence-corrected chi connectivity index (χ0v) is 24.0. The van der Waals surface area contributed by atoms with Crippen LogP contribution in [0.3, 0.4) is 0 Å². The number of thiazole rings is 1. The second-order valence-electron chi connectivity index (χ2n) is 8.06. The maximum atomic E-state index is 13.7. The number of thioether (sulfide) groups is 2. The second-order valence-corrected chi connectivity index (χ2v) is 11.4. The Balaban J connectivity index is 1.66. The number of hydrogen-bond donors (Lipinski definition) is 2. The van der Waals surface area contributed by atoms with Crippen molar-refractivity contribution in [1.82, 2.24) is 15.4 Å². The smallest absolute Gasteiger partial charge is 0.258 e. The van der Waals surface area contributed by atoms with E-state index in [-0.39, 0.29) is 5.91 Å². The Kier molecular flexibility index (Phi) is 9.74. The molecule has 0 saturated carbocycles. The zero-order chi connectivity index (χ0) is 26.9. The molecule has 0 saturated heterocycles. The molecule has 4 rings (SSSR count). The molecule has 2 N–H and O–H groups in total. The lowest BCUT2D eigenvalue weighted by Gasteiger charge is -2.15. The predicted molar refractivity (Wildman–Crippen MR) is 161 cm³/mol. The number of hydrogen-bond acceptors (Lipinski definition) is 10. The fourth-order valence-electron chi connectivity index (χ4n) is 3.35. The van der Waals surface area contributed by atoms with Gasteiger partial charge < -0.3 is 4.74 Å². The SMILES string of the molecule is CC/C(C)=C(C(=O)Nc1nc2ncccc2s1)/C(=C\C=C(/C)SC1=NCC=NN1)Sc1ccc(OC)cc1. The number of nitrogens with zero attached hydrogens (tertiary/aromatic N) is 4. The molecule has 2 aromatic heterocycles. The van der Waals surface area contributed by atoms with Crippen molar-refractivity contribution in [2.75, 3.05) is 19.0 Å². The topological polar surface area (TPSA) is 101 Å². The monoisotopic (exact) mass is 564 g/mol. The maximum absolute atomic E-state index is 13.7. The van der Waals surface area contributed by atoms with E-state index in [0.717, 1.165) is 42.3 Å². The lowest BCUT2D eigenvalue weighted by atomic mass is 10.1. The van der Waals surface area contributed by atoms with Crippen molar-refractivity contribution in [3.8, 4) is 5.75 Å². The highest BCUT2D eigenvalue weighted by Gasteiger charge is 2.20. The van der Waals surface area contributed by atoms with Crippen LogP contribution in [0, 0.1) is 0 Å². The number of pyridine rings is 1. The molecule has 1 aliphatic heterocycles. The summed E-state index contributed by atoms with van der Waals surface area (Å²) in [5, 5.41) is 8.33. The van der Waals surface area contributed by atoms with Gasteiger partial charge in [0.25, 0.3) is 5.91 Å². The van der Waals surface area contributed by atoms with Crippen molar-refractivity contribution >= 4 is 67.6 Å². The molecule has 196 valence electrons. The number of nitrogens with one attached hydrogen (secondary N) is 2. The number of rotatable bonds is 9. The highest BCUT2D eigenvalue weighted by atomic mass is 32.2. The first kappa shape index (κ1) is 27.6. The van der Waals surface area contributed by atoms with E-state index in [1.54, 1.807) is 19.5 Å². The van der Waals surface area contributed by atoms with Gasteiger partial charge in [0.1, 0.15) is 5.75 Å². The van der Waals surface area contributed by atoms with Gasteiger partial charge in [-0.3, -0.25) is 20.5 Å². The summed E-state index contributed by atoms with van der Waals surface area (Å²) in [6, 6.07) is 11.6. The molecular formula is C27H28N6O2S3. The molecule has 0 bridgehead atoms. The first-order valence-electron chi connectivity index (χ1n) is 11.9. The summed E-state index contributed by atoms with van der Waals surface area (Å²) in [5.41, 5.74) is 5.12. The molecule has 0 atom stereocenters. The van der Waals surface area contributed by atoms with Gasteiger partial charge >= 0.3 is 0 Å². The molecule has 0 aliphatic carbocycles. The molecule has 0 fully saturated rings. The molecule has 1 aliphatic rings. The van der Waals surface area contributed by atoms with Crippen LogP contribution in [0.1, 0.15) is 27.2 Å². The Morgan fingerprint density at radius 1 is 1.18 bits per heavy atom. The largest absolute Gasteiger partial charge is 0.497 e. The predicted octanol–water partition coefficient (Wildman–Crippen LogP) is 6.62. The van der Waals surface area contributed by atoms with E-state index in [0.29, 0.717) is 22.9 Å². The normalized spacial score (nSPS) is 14.6. The van der Waals surface area contributed by atoms with Gasteiger partial charge in [-0.1, -0.05) is 53.4 Å². The number of amides is 1. The summed E-state index contributed by atoms with van der Waals surface area (Å²) in [7, 11) is 1.64. The number of methoxy groups -OCH3 is 1. The van der Waals surface area contributed by atoms with Crippen LogP contribution in [0.2, 0.25) is 0 Å². The van der Waals surface area contributed by atoms with Crippen LogP contribution in [-0.4, -0.2) is 40.9 Å². The van der Waals surface area contributed by atoms with E-state index in [1.165, 1.54) is 34.9 Å². The van der Waals surface area contributed by atoms with Crippen LogP contribution in [0.15, 0.2) is 90.7 Å². The van der Waals surface area contributed by atoms with Crippen LogP contribution < -0.4 is 15.5 Å². The third-order valence-electron chi connectivity index (χ3n) is 5.40. The minimum atomic E-state index is -0.206. The minimum Gasteiger partial charge on any atom is -0.497 e. The molecular weight excluding hydrogens is 537 g/mol. The number of anilines is 1. The Morgan fingerprint density at radius 2 is 2.00 bits per heavy atom. The Hall–Kier alpha value is -3.41. The molecule has 8 nitrogen and oxygen atoms in total. The first-order valence-corrected chi connectivity index (χ1v) is 14.3. The molecule has 1 aromatic carbocycles. The molecule has 0 radical (unpaired) electrons. The number of aliphatic imine (C=N–C) groups is 1. The van der Waals surface area contributed by atoms with E-state index in [9.17, 15) is 4.79 Å². The van der Waals surface area contributed by atoms with Gasteiger partial charge in [-0.15, -0.1) is 0 Å². The molecule has 38 heavy (non-hydrogen) atoms.